The molecule has 1 atom stereocenters. The number of nitrogens with one attached hydrogen (secondary N) is 1. The Hall–Kier alpha value is -1.52. The monoisotopic (exact) mass is 208 g/mol. The number of likely N-dealkylation sites (tertiary alicyclic amines) is 1. The average molecular weight is 208 g/mol. The summed E-state index contributed by atoms with van der Waals surface area (Å²) in [5, 5.41) is 7.04. The Morgan fingerprint density at radius 2 is 2.40 bits per heavy atom. The molecule has 1 aliphatic heterocycles. The number of urea groups is 1. The van der Waals surface area contributed by atoms with Crippen LogP contribution in [0, 0.1) is 0 Å². The third kappa shape index (κ3) is 2.49. The highest BCUT2D eigenvalue weighted by Gasteiger charge is 2.21. The van der Waals surface area contributed by atoms with Crippen molar-refractivity contribution in [3.63, 3.8) is 0 Å². The molecule has 1 unspecified atom stereocenters. The summed E-state index contributed by atoms with van der Waals surface area (Å²) in [6, 6.07) is 2.03. The summed E-state index contributed by atoms with van der Waals surface area (Å²) in [5.74, 6) is 0. The lowest BCUT2D eigenvalue weighted by molar-refractivity contribution is 0.163. The molecule has 1 aromatic rings. The maximum Gasteiger partial charge on any atom is 0.317 e. The lowest BCUT2D eigenvalue weighted by Crippen LogP contribution is -2.50. The van der Waals surface area contributed by atoms with E-state index in [1.54, 1.807) is 6.20 Å². The molecule has 15 heavy (non-hydrogen) atoms. The van der Waals surface area contributed by atoms with E-state index in [0.717, 1.165) is 19.5 Å². The van der Waals surface area contributed by atoms with E-state index in [1.165, 1.54) is 0 Å². The van der Waals surface area contributed by atoms with Crippen molar-refractivity contribution in [3.05, 3.63) is 18.5 Å². The molecular formula is C10H16N4O. The largest absolute Gasteiger partial charge is 0.334 e. The maximum atomic E-state index is 11.5. The van der Waals surface area contributed by atoms with Gasteiger partial charge < -0.3 is 10.2 Å². The zero-order chi connectivity index (χ0) is 10.7. The fourth-order valence-corrected chi connectivity index (χ4v) is 1.56. The summed E-state index contributed by atoms with van der Waals surface area (Å²) < 4.78 is 1.82. The summed E-state index contributed by atoms with van der Waals surface area (Å²) in [4.78, 5) is 13.4. The van der Waals surface area contributed by atoms with Gasteiger partial charge >= 0.3 is 6.03 Å². The van der Waals surface area contributed by atoms with Crippen LogP contribution in [0.3, 0.4) is 0 Å². The van der Waals surface area contributed by atoms with E-state index < -0.39 is 0 Å². The number of amides is 2. The molecule has 1 fully saturated rings. The maximum absolute atomic E-state index is 11.5. The van der Waals surface area contributed by atoms with E-state index >= 15 is 0 Å². The van der Waals surface area contributed by atoms with E-state index in [1.807, 2.05) is 28.8 Å². The predicted octanol–water partition coefficient (Wildman–Crippen LogP) is 0.687. The van der Waals surface area contributed by atoms with Gasteiger partial charge in [-0.1, -0.05) is 0 Å². The van der Waals surface area contributed by atoms with E-state index in [0.29, 0.717) is 6.54 Å². The first kappa shape index (κ1) is 10.0. The summed E-state index contributed by atoms with van der Waals surface area (Å²) in [7, 11) is 0. The normalized spacial score (nSPS) is 17.0. The Labute approximate surface area is 89.1 Å². The summed E-state index contributed by atoms with van der Waals surface area (Å²) in [5.41, 5.74) is 0. The van der Waals surface area contributed by atoms with Crippen LogP contribution in [0.4, 0.5) is 4.79 Å². The van der Waals surface area contributed by atoms with E-state index in [9.17, 15) is 4.79 Å². The standard InChI is InChI=1S/C10H16N4O/c1-9(8-14-7-2-4-11-14)12-10(15)13-5-3-6-13/h2,4,7,9H,3,5-6,8H2,1H3,(H,12,15). The molecule has 82 valence electrons. The molecule has 0 bridgehead atoms. The highest BCUT2D eigenvalue weighted by atomic mass is 16.2. The van der Waals surface area contributed by atoms with Gasteiger partial charge in [-0.3, -0.25) is 4.68 Å². The summed E-state index contributed by atoms with van der Waals surface area (Å²) in [6.07, 6.45) is 4.76. The van der Waals surface area contributed by atoms with Gasteiger partial charge in [0.15, 0.2) is 0 Å². The van der Waals surface area contributed by atoms with Crippen LogP contribution in [-0.4, -0.2) is 39.8 Å². The molecule has 0 aliphatic carbocycles. The first-order valence-corrected chi connectivity index (χ1v) is 5.28. The molecule has 2 heterocycles. The minimum absolute atomic E-state index is 0.0425. The zero-order valence-electron chi connectivity index (χ0n) is 8.89. The molecule has 0 aromatic carbocycles. The van der Waals surface area contributed by atoms with Crippen LogP contribution in [0.25, 0.3) is 0 Å². The number of carbonyl (C=O) groups is 1. The molecule has 0 spiro atoms. The molecule has 5 nitrogen and oxygen atoms in total. The van der Waals surface area contributed by atoms with Crippen LogP contribution in [0.2, 0.25) is 0 Å². The second-order valence-corrected chi connectivity index (χ2v) is 3.92. The first-order valence-electron chi connectivity index (χ1n) is 5.28. The molecule has 0 saturated carbocycles. The third-order valence-corrected chi connectivity index (χ3v) is 2.53. The minimum atomic E-state index is 0.0425. The van der Waals surface area contributed by atoms with Gasteiger partial charge in [-0.15, -0.1) is 0 Å². The highest BCUT2D eigenvalue weighted by molar-refractivity contribution is 5.75. The topological polar surface area (TPSA) is 50.2 Å². The van der Waals surface area contributed by atoms with Crippen molar-refractivity contribution >= 4 is 6.03 Å². The Balaban J connectivity index is 1.76. The molecule has 1 aliphatic rings. The van der Waals surface area contributed by atoms with Crippen LogP contribution in [-0.2, 0) is 6.54 Å². The molecule has 1 saturated heterocycles. The van der Waals surface area contributed by atoms with Gasteiger partial charge in [0.25, 0.3) is 0 Å². The number of hydrogen-bond donors (Lipinski definition) is 1. The Bertz CT molecular complexity index is 318. The van der Waals surface area contributed by atoms with Crippen LogP contribution >= 0.6 is 0 Å². The van der Waals surface area contributed by atoms with Gasteiger partial charge in [-0.2, -0.15) is 5.10 Å². The Kier molecular flexibility index (Phi) is 2.89. The van der Waals surface area contributed by atoms with Crippen molar-refractivity contribution in [2.75, 3.05) is 13.1 Å². The number of hydrogen-bond acceptors (Lipinski definition) is 2. The molecule has 1 aromatic heterocycles. The molecular weight excluding hydrogens is 192 g/mol. The van der Waals surface area contributed by atoms with Crippen LogP contribution in [0.5, 0.6) is 0 Å². The predicted molar refractivity (Wildman–Crippen MR) is 56.4 cm³/mol. The van der Waals surface area contributed by atoms with Crippen molar-refractivity contribution in [2.45, 2.75) is 25.9 Å². The highest BCUT2D eigenvalue weighted by Crippen LogP contribution is 2.05. The lowest BCUT2D eigenvalue weighted by atomic mass is 10.2. The fraction of sp³-hybridized carbons (Fsp3) is 0.600. The van der Waals surface area contributed by atoms with Crippen molar-refractivity contribution in [2.24, 2.45) is 0 Å². The third-order valence-electron chi connectivity index (χ3n) is 2.53. The van der Waals surface area contributed by atoms with Crippen LogP contribution in [0.1, 0.15) is 13.3 Å². The lowest BCUT2D eigenvalue weighted by Gasteiger charge is -2.32. The Morgan fingerprint density at radius 3 is 2.93 bits per heavy atom. The van der Waals surface area contributed by atoms with E-state index in [-0.39, 0.29) is 12.1 Å². The molecule has 5 heteroatoms. The van der Waals surface area contributed by atoms with Crippen molar-refractivity contribution in [1.29, 1.82) is 0 Å². The molecule has 0 radical (unpaired) electrons. The second-order valence-electron chi connectivity index (χ2n) is 3.92. The average Bonchev–Trinajstić information content (AvgIpc) is 2.52. The first-order chi connectivity index (χ1) is 7.25. The minimum Gasteiger partial charge on any atom is -0.334 e. The van der Waals surface area contributed by atoms with Crippen LogP contribution in [0.15, 0.2) is 18.5 Å². The number of rotatable bonds is 3. The second kappa shape index (κ2) is 4.33. The molecule has 1 N–H and O–H groups in total. The van der Waals surface area contributed by atoms with Gasteiger partial charge in [0.2, 0.25) is 0 Å². The van der Waals surface area contributed by atoms with Gasteiger partial charge in [-0.05, 0) is 19.4 Å². The van der Waals surface area contributed by atoms with E-state index in [4.69, 9.17) is 0 Å². The van der Waals surface area contributed by atoms with Crippen molar-refractivity contribution < 1.29 is 4.79 Å². The quantitative estimate of drug-likeness (QED) is 0.794. The van der Waals surface area contributed by atoms with Crippen molar-refractivity contribution in [1.82, 2.24) is 20.0 Å². The van der Waals surface area contributed by atoms with Gasteiger partial charge in [0.05, 0.1) is 6.54 Å². The molecule has 2 rings (SSSR count). The zero-order valence-corrected chi connectivity index (χ0v) is 8.89. The van der Waals surface area contributed by atoms with Gasteiger partial charge in [0, 0.05) is 31.5 Å². The Morgan fingerprint density at radius 1 is 1.60 bits per heavy atom. The number of carbonyl (C=O) groups excluding carboxylic acids is 1. The van der Waals surface area contributed by atoms with Gasteiger partial charge in [-0.25, -0.2) is 4.79 Å². The van der Waals surface area contributed by atoms with E-state index in [2.05, 4.69) is 10.4 Å². The molecule has 2 amide bonds. The SMILES string of the molecule is CC(Cn1cccn1)NC(=O)N1CCC1. The number of aromatic nitrogens is 2. The fourth-order valence-electron chi connectivity index (χ4n) is 1.56. The smallest absolute Gasteiger partial charge is 0.317 e. The number of nitrogens with zero attached hydrogens (tertiary/aromatic N) is 3. The van der Waals surface area contributed by atoms with Crippen LogP contribution < -0.4 is 5.32 Å². The summed E-state index contributed by atoms with van der Waals surface area (Å²) in [6.45, 7) is 4.48. The van der Waals surface area contributed by atoms with Crippen molar-refractivity contribution in [3.8, 4) is 0 Å². The van der Waals surface area contributed by atoms with Gasteiger partial charge in [0.1, 0.15) is 0 Å². The summed E-state index contributed by atoms with van der Waals surface area (Å²) >= 11 is 0.